The molecule has 0 radical (unpaired) electrons. The molecule has 0 bridgehead atoms. The van der Waals surface area contributed by atoms with Gasteiger partial charge in [0.05, 0.1) is 5.56 Å². The van der Waals surface area contributed by atoms with Gasteiger partial charge < -0.3 is 4.42 Å². The molecule has 0 aliphatic heterocycles. The molecule has 0 N–H and O–H groups in total. The zero-order chi connectivity index (χ0) is 13.9. The highest BCUT2D eigenvalue weighted by Gasteiger charge is 2.15. The van der Waals surface area contributed by atoms with Crippen LogP contribution in [0.3, 0.4) is 0 Å². The molecule has 0 saturated carbocycles. The lowest BCUT2D eigenvalue weighted by molar-refractivity contribution is 0.561. The van der Waals surface area contributed by atoms with Crippen molar-refractivity contribution in [1.29, 1.82) is 0 Å². The smallest absolute Gasteiger partial charge is 0.344 e. The first-order chi connectivity index (χ1) is 9.81. The maximum atomic E-state index is 12.4. The monoisotopic (exact) mass is 264 g/mol. The van der Waals surface area contributed by atoms with Gasteiger partial charge in [-0.2, -0.15) is 0 Å². The molecule has 0 amide bonds. The van der Waals surface area contributed by atoms with E-state index in [1.165, 1.54) is 0 Å². The van der Waals surface area contributed by atoms with Crippen LogP contribution >= 0.6 is 0 Å². The van der Waals surface area contributed by atoms with Crippen molar-refractivity contribution in [3.8, 4) is 11.1 Å². The first-order valence-electron chi connectivity index (χ1n) is 6.91. The number of aryl methyl sites for hydroxylation is 1. The van der Waals surface area contributed by atoms with Crippen LogP contribution in [-0.4, -0.2) is 0 Å². The lowest BCUT2D eigenvalue weighted by Gasteiger charge is -2.10. The third-order valence-electron chi connectivity index (χ3n) is 3.48. The van der Waals surface area contributed by atoms with Crippen LogP contribution in [0.25, 0.3) is 22.1 Å². The molecule has 1 aromatic heterocycles. The average molecular weight is 264 g/mol. The van der Waals surface area contributed by atoms with E-state index in [1.54, 1.807) is 0 Å². The molecule has 2 heteroatoms. The van der Waals surface area contributed by atoms with E-state index in [0.29, 0.717) is 11.1 Å². The van der Waals surface area contributed by atoms with Crippen molar-refractivity contribution in [3.63, 3.8) is 0 Å². The summed E-state index contributed by atoms with van der Waals surface area (Å²) in [5, 5.41) is 1.04. The molecule has 0 aliphatic carbocycles. The van der Waals surface area contributed by atoms with Crippen molar-refractivity contribution in [1.82, 2.24) is 0 Å². The fourth-order valence-electron chi connectivity index (χ4n) is 2.62. The molecule has 0 fully saturated rings. The van der Waals surface area contributed by atoms with E-state index >= 15 is 0 Å². The molecule has 0 aliphatic rings. The molecule has 3 aromatic rings. The lowest BCUT2D eigenvalue weighted by Crippen LogP contribution is -2.08. The quantitative estimate of drug-likeness (QED) is 0.656. The maximum Gasteiger partial charge on any atom is 0.344 e. The highest BCUT2D eigenvalue weighted by atomic mass is 16.4. The summed E-state index contributed by atoms with van der Waals surface area (Å²) in [6.45, 7) is 2.12. The van der Waals surface area contributed by atoms with Gasteiger partial charge >= 0.3 is 5.63 Å². The van der Waals surface area contributed by atoms with Crippen molar-refractivity contribution < 1.29 is 4.42 Å². The highest BCUT2D eigenvalue weighted by Crippen LogP contribution is 2.28. The van der Waals surface area contributed by atoms with Crippen molar-refractivity contribution in [2.24, 2.45) is 0 Å². The van der Waals surface area contributed by atoms with Gasteiger partial charge in [-0.05, 0) is 23.6 Å². The molecule has 0 unspecified atom stereocenters. The summed E-state index contributed by atoms with van der Waals surface area (Å²) >= 11 is 0. The van der Waals surface area contributed by atoms with Gasteiger partial charge in [0, 0.05) is 5.39 Å². The van der Waals surface area contributed by atoms with Gasteiger partial charge in [-0.1, -0.05) is 61.9 Å². The Labute approximate surface area is 117 Å². The van der Waals surface area contributed by atoms with Gasteiger partial charge in [-0.3, -0.25) is 0 Å². The Morgan fingerprint density at radius 3 is 2.40 bits per heavy atom. The summed E-state index contributed by atoms with van der Waals surface area (Å²) in [5.74, 6) is 0. The van der Waals surface area contributed by atoms with E-state index in [1.807, 2.05) is 54.6 Å². The summed E-state index contributed by atoms with van der Waals surface area (Å²) in [5.41, 5.74) is 3.13. The zero-order valence-corrected chi connectivity index (χ0v) is 11.4. The van der Waals surface area contributed by atoms with Crippen LogP contribution in [0.2, 0.25) is 0 Å². The zero-order valence-electron chi connectivity index (χ0n) is 11.4. The van der Waals surface area contributed by atoms with Crippen LogP contribution in [0.15, 0.2) is 63.8 Å². The molecule has 2 nitrogen and oxygen atoms in total. The standard InChI is InChI=1S/C18H16O2/c1-2-8-15-14-11-6-7-12-16(14)20-18(19)17(15)13-9-4-3-5-10-13/h3-7,9-12H,2,8H2,1H3. The van der Waals surface area contributed by atoms with E-state index in [0.717, 1.165) is 29.4 Å². The van der Waals surface area contributed by atoms with Gasteiger partial charge in [-0.15, -0.1) is 0 Å². The second kappa shape index (κ2) is 5.33. The number of benzene rings is 2. The van der Waals surface area contributed by atoms with Gasteiger partial charge in [0.25, 0.3) is 0 Å². The van der Waals surface area contributed by atoms with Crippen molar-refractivity contribution in [2.45, 2.75) is 19.8 Å². The third-order valence-corrected chi connectivity index (χ3v) is 3.48. The summed E-state index contributed by atoms with van der Waals surface area (Å²) in [6.07, 6.45) is 1.86. The van der Waals surface area contributed by atoms with Gasteiger partial charge in [-0.25, -0.2) is 4.79 Å². The van der Waals surface area contributed by atoms with Crippen molar-refractivity contribution >= 4 is 11.0 Å². The summed E-state index contributed by atoms with van der Waals surface area (Å²) in [4.78, 5) is 12.4. The number of fused-ring (bicyclic) bond motifs is 1. The second-order valence-corrected chi connectivity index (χ2v) is 4.86. The van der Waals surface area contributed by atoms with Crippen molar-refractivity contribution in [2.75, 3.05) is 0 Å². The van der Waals surface area contributed by atoms with E-state index in [4.69, 9.17) is 4.42 Å². The number of rotatable bonds is 3. The molecule has 100 valence electrons. The van der Waals surface area contributed by atoms with Crippen LogP contribution < -0.4 is 5.63 Å². The maximum absolute atomic E-state index is 12.4. The summed E-state index contributed by atoms with van der Waals surface area (Å²) in [7, 11) is 0. The highest BCUT2D eigenvalue weighted by molar-refractivity contribution is 5.86. The Hall–Kier alpha value is -2.35. The van der Waals surface area contributed by atoms with Crippen LogP contribution in [0.5, 0.6) is 0 Å². The lowest BCUT2D eigenvalue weighted by atomic mass is 9.95. The van der Waals surface area contributed by atoms with E-state index < -0.39 is 0 Å². The van der Waals surface area contributed by atoms with Crippen LogP contribution in [0.4, 0.5) is 0 Å². The molecular formula is C18H16O2. The average Bonchev–Trinajstić information content (AvgIpc) is 2.48. The molecular weight excluding hydrogens is 248 g/mol. The minimum Gasteiger partial charge on any atom is -0.422 e. The van der Waals surface area contributed by atoms with E-state index in [-0.39, 0.29) is 5.63 Å². The fourth-order valence-corrected chi connectivity index (χ4v) is 2.62. The molecule has 0 saturated heterocycles. The Bertz CT molecular complexity index is 785. The topological polar surface area (TPSA) is 30.2 Å². The fraction of sp³-hybridized carbons (Fsp3) is 0.167. The van der Waals surface area contributed by atoms with Crippen molar-refractivity contribution in [3.05, 3.63) is 70.6 Å². The Kier molecular flexibility index (Phi) is 3.38. The van der Waals surface area contributed by atoms with Gasteiger partial charge in [0.1, 0.15) is 5.58 Å². The van der Waals surface area contributed by atoms with E-state index in [2.05, 4.69) is 6.92 Å². The van der Waals surface area contributed by atoms with Crippen LogP contribution in [-0.2, 0) is 6.42 Å². The third kappa shape index (κ3) is 2.14. The molecule has 2 aromatic carbocycles. The van der Waals surface area contributed by atoms with Crippen LogP contribution in [0.1, 0.15) is 18.9 Å². The predicted molar refractivity (Wildman–Crippen MR) is 81.9 cm³/mol. The molecule has 3 rings (SSSR count). The number of hydrogen-bond donors (Lipinski definition) is 0. The second-order valence-electron chi connectivity index (χ2n) is 4.86. The minimum atomic E-state index is -0.252. The first-order valence-corrected chi connectivity index (χ1v) is 6.91. The van der Waals surface area contributed by atoms with Gasteiger partial charge in [0.2, 0.25) is 0 Å². The Morgan fingerprint density at radius 1 is 0.950 bits per heavy atom. The molecule has 0 spiro atoms. The summed E-state index contributed by atoms with van der Waals surface area (Å²) in [6, 6.07) is 17.5. The predicted octanol–water partition coefficient (Wildman–Crippen LogP) is 4.41. The largest absolute Gasteiger partial charge is 0.422 e. The Balaban J connectivity index is 2.38. The molecule has 1 heterocycles. The minimum absolute atomic E-state index is 0.252. The number of para-hydroxylation sites is 1. The normalized spacial score (nSPS) is 10.8. The first kappa shape index (κ1) is 12.7. The van der Waals surface area contributed by atoms with Crippen LogP contribution in [0, 0.1) is 0 Å². The summed E-state index contributed by atoms with van der Waals surface area (Å²) < 4.78 is 5.48. The SMILES string of the molecule is CCCc1c(-c2ccccc2)c(=O)oc2ccccc12. The van der Waals surface area contributed by atoms with E-state index in [9.17, 15) is 4.79 Å². The van der Waals surface area contributed by atoms with Gasteiger partial charge in [0.15, 0.2) is 0 Å². The molecule has 0 atom stereocenters. The number of hydrogen-bond acceptors (Lipinski definition) is 2. The Morgan fingerprint density at radius 2 is 1.65 bits per heavy atom. The molecule has 20 heavy (non-hydrogen) atoms.